The zero-order valence-corrected chi connectivity index (χ0v) is 19.5. The first-order valence-electron chi connectivity index (χ1n) is 11.2. The minimum absolute atomic E-state index is 0.432. The predicted molar refractivity (Wildman–Crippen MR) is 112 cm³/mol. The highest BCUT2D eigenvalue weighted by molar-refractivity contribution is 5.89. The van der Waals surface area contributed by atoms with Gasteiger partial charge in [0.05, 0.1) is 11.5 Å². The molecule has 2 fully saturated rings. The van der Waals surface area contributed by atoms with Gasteiger partial charge in [0.2, 0.25) is 0 Å². The number of rotatable bonds is 2. The summed E-state index contributed by atoms with van der Waals surface area (Å²) in [5, 5.41) is 11.9. The van der Waals surface area contributed by atoms with Crippen LogP contribution in [-0.4, -0.2) is 58.6 Å². The Balaban J connectivity index is 1.90. The molecule has 2 aliphatic carbocycles. The lowest BCUT2D eigenvalue weighted by Crippen LogP contribution is -2.60. The van der Waals surface area contributed by atoms with Gasteiger partial charge < -0.3 is 24.1 Å². The van der Waals surface area contributed by atoms with Crippen LogP contribution in [0.1, 0.15) is 60.8 Å². The number of fused-ring (bicyclic) bond motifs is 1. The van der Waals surface area contributed by atoms with Crippen LogP contribution in [0.5, 0.6) is 0 Å². The average molecular weight is 449 g/mol. The van der Waals surface area contributed by atoms with E-state index in [0.717, 1.165) is 11.1 Å². The molecular formula is C24H32O8. The number of esters is 3. The normalized spacial score (nSPS) is 46.8. The monoisotopic (exact) mass is 448 g/mol. The minimum Gasteiger partial charge on any atom is -0.462 e. The molecule has 2 saturated heterocycles. The number of carbonyl (C=O) groups excluding carboxylic acids is 3. The summed E-state index contributed by atoms with van der Waals surface area (Å²) in [7, 11) is 0. The third kappa shape index (κ3) is 3.06. The molecule has 0 amide bonds. The molecule has 2 unspecified atom stereocenters. The summed E-state index contributed by atoms with van der Waals surface area (Å²) in [6.07, 6.45) is 2.09. The lowest BCUT2D eigenvalue weighted by atomic mass is 9.57. The van der Waals surface area contributed by atoms with E-state index in [1.54, 1.807) is 6.92 Å². The highest BCUT2D eigenvalue weighted by Gasteiger charge is 2.85. The summed E-state index contributed by atoms with van der Waals surface area (Å²) in [6, 6.07) is 0. The highest BCUT2D eigenvalue weighted by atomic mass is 16.7. The molecule has 2 aliphatic heterocycles. The van der Waals surface area contributed by atoms with Gasteiger partial charge in [-0.05, 0) is 39.7 Å². The fourth-order valence-corrected chi connectivity index (χ4v) is 6.21. The van der Waals surface area contributed by atoms with Crippen molar-refractivity contribution in [1.82, 2.24) is 0 Å². The quantitative estimate of drug-likeness (QED) is 0.297. The number of allylic oxidation sites excluding steroid dienone is 1. The lowest BCUT2D eigenvalue weighted by molar-refractivity contribution is -0.190. The van der Waals surface area contributed by atoms with Crippen LogP contribution in [0.15, 0.2) is 23.3 Å². The van der Waals surface area contributed by atoms with E-state index in [-0.39, 0.29) is 0 Å². The van der Waals surface area contributed by atoms with Crippen molar-refractivity contribution in [3.63, 3.8) is 0 Å². The summed E-state index contributed by atoms with van der Waals surface area (Å²) >= 11 is 0. The van der Waals surface area contributed by atoms with Gasteiger partial charge in [-0.1, -0.05) is 24.1 Å². The van der Waals surface area contributed by atoms with Crippen LogP contribution in [-0.2, 0) is 33.3 Å². The fraction of sp³-hybridized carbons (Fsp3) is 0.708. The van der Waals surface area contributed by atoms with Gasteiger partial charge in [-0.2, -0.15) is 0 Å². The molecule has 2 heterocycles. The van der Waals surface area contributed by atoms with Crippen LogP contribution in [0.2, 0.25) is 0 Å². The van der Waals surface area contributed by atoms with Crippen LogP contribution in [0.25, 0.3) is 0 Å². The molecule has 8 nitrogen and oxygen atoms in total. The van der Waals surface area contributed by atoms with Gasteiger partial charge in [0.25, 0.3) is 0 Å². The van der Waals surface area contributed by atoms with Crippen molar-refractivity contribution in [3.05, 3.63) is 23.3 Å². The average Bonchev–Trinajstić information content (AvgIpc) is 3.28. The predicted octanol–water partition coefficient (Wildman–Crippen LogP) is 2.38. The zero-order valence-electron chi connectivity index (χ0n) is 19.5. The maximum Gasteiger partial charge on any atom is 0.342 e. The minimum atomic E-state index is -1.26. The highest BCUT2D eigenvalue weighted by Crippen LogP contribution is 2.64. The van der Waals surface area contributed by atoms with Gasteiger partial charge in [-0.15, -0.1) is 0 Å². The molecule has 8 atom stereocenters. The SMILES string of the molecule is CC(=O)O[C@H]1CC=C(C)C2[C@@H](O)C34O[C@@]3(C)C(=O)O[C@H]4/C=C(/C)CC[C@@H](OC(C)=O)[C@]21C. The smallest absolute Gasteiger partial charge is 0.342 e. The van der Waals surface area contributed by atoms with E-state index < -0.39 is 64.9 Å². The molecule has 1 spiro atoms. The molecule has 0 saturated carbocycles. The third-order valence-electron chi connectivity index (χ3n) is 7.93. The second-order valence-corrected chi connectivity index (χ2v) is 9.97. The maximum atomic E-state index is 12.6. The van der Waals surface area contributed by atoms with Crippen molar-refractivity contribution in [3.8, 4) is 0 Å². The summed E-state index contributed by atoms with van der Waals surface area (Å²) in [5.74, 6) is -2.00. The van der Waals surface area contributed by atoms with Crippen molar-refractivity contribution in [2.24, 2.45) is 11.3 Å². The van der Waals surface area contributed by atoms with Crippen LogP contribution in [0, 0.1) is 11.3 Å². The number of hydrogen-bond donors (Lipinski definition) is 1. The largest absolute Gasteiger partial charge is 0.462 e. The fourth-order valence-electron chi connectivity index (χ4n) is 6.21. The standard InChI is InChI=1S/C24H32O8/c1-12-7-9-16(29-14(3)25)22(5)17(30-15(4)26)10-8-13(2)19(22)20(27)24-18(11-12)31-21(28)23(24,6)32-24/h8,11,16-20,27H,7,9-10H2,1-6H3/b12-11-/t16-,17+,18+,19?,20-,22+,23+,24?/m1/s1. The summed E-state index contributed by atoms with van der Waals surface area (Å²) in [5.41, 5.74) is -1.68. The number of carbonyl (C=O) groups is 3. The Morgan fingerprint density at radius 1 is 1.12 bits per heavy atom. The molecule has 4 rings (SSSR count). The first-order chi connectivity index (χ1) is 14.9. The number of aliphatic hydroxyl groups is 1. The van der Waals surface area contributed by atoms with Gasteiger partial charge in [0.15, 0.2) is 17.3 Å². The van der Waals surface area contributed by atoms with Crippen molar-refractivity contribution >= 4 is 17.9 Å². The Labute approximate surface area is 187 Å². The molecule has 0 radical (unpaired) electrons. The van der Waals surface area contributed by atoms with Crippen LogP contribution < -0.4 is 0 Å². The van der Waals surface area contributed by atoms with Gasteiger partial charge in [-0.3, -0.25) is 9.59 Å². The topological polar surface area (TPSA) is 112 Å². The van der Waals surface area contributed by atoms with E-state index in [9.17, 15) is 19.5 Å². The molecule has 4 aliphatic rings. The van der Waals surface area contributed by atoms with E-state index >= 15 is 0 Å². The molecule has 176 valence electrons. The first-order valence-corrected chi connectivity index (χ1v) is 11.2. The molecule has 1 N–H and O–H groups in total. The Morgan fingerprint density at radius 3 is 2.34 bits per heavy atom. The molecular weight excluding hydrogens is 416 g/mol. The molecule has 8 heteroatoms. The lowest BCUT2D eigenvalue weighted by Gasteiger charge is -2.52. The van der Waals surface area contributed by atoms with E-state index in [2.05, 4.69) is 0 Å². The van der Waals surface area contributed by atoms with E-state index in [1.165, 1.54) is 13.8 Å². The van der Waals surface area contributed by atoms with Gasteiger partial charge in [0.1, 0.15) is 12.2 Å². The Kier molecular flexibility index (Phi) is 5.33. The van der Waals surface area contributed by atoms with Crippen molar-refractivity contribution in [2.45, 2.75) is 96.4 Å². The van der Waals surface area contributed by atoms with Crippen molar-refractivity contribution < 1.29 is 38.4 Å². The molecule has 0 bridgehead atoms. The van der Waals surface area contributed by atoms with Gasteiger partial charge in [-0.25, -0.2) is 4.79 Å². The molecule has 0 aromatic carbocycles. The zero-order chi connectivity index (χ0) is 23.6. The van der Waals surface area contributed by atoms with E-state index in [1.807, 2.05) is 32.9 Å². The van der Waals surface area contributed by atoms with Gasteiger partial charge in [0, 0.05) is 26.2 Å². The Morgan fingerprint density at radius 2 is 1.75 bits per heavy atom. The van der Waals surface area contributed by atoms with E-state index in [4.69, 9.17) is 18.9 Å². The number of epoxide rings is 1. The van der Waals surface area contributed by atoms with Crippen LogP contribution in [0.4, 0.5) is 0 Å². The van der Waals surface area contributed by atoms with Crippen LogP contribution >= 0.6 is 0 Å². The number of ether oxygens (including phenoxy) is 4. The second kappa shape index (κ2) is 7.42. The maximum absolute atomic E-state index is 12.6. The molecule has 0 aromatic heterocycles. The summed E-state index contributed by atoms with van der Waals surface area (Å²) in [6.45, 7) is 10.0. The molecule has 32 heavy (non-hydrogen) atoms. The van der Waals surface area contributed by atoms with Crippen LogP contribution in [0.3, 0.4) is 0 Å². The number of aliphatic hydroxyl groups excluding tert-OH is 1. The summed E-state index contributed by atoms with van der Waals surface area (Å²) < 4.78 is 23.2. The van der Waals surface area contributed by atoms with Crippen molar-refractivity contribution in [1.29, 1.82) is 0 Å². The summed E-state index contributed by atoms with van der Waals surface area (Å²) in [4.78, 5) is 36.7. The second-order valence-electron chi connectivity index (χ2n) is 9.97. The third-order valence-corrected chi connectivity index (χ3v) is 7.93. The number of hydrogen-bond acceptors (Lipinski definition) is 8. The first kappa shape index (κ1) is 23.0. The van der Waals surface area contributed by atoms with Crippen molar-refractivity contribution in [2.75, 3.05) is 0 Å². The van der Waals surface area contributed by atoms with E-state index in [0.29, 0.717) is 19.3 Å². The Bertz CT molecular complexity index is 921. The van der Waals surface area contributed by atoms with Gasteiger partial charge >= 0.3 is 17.9 Å². The Hall–Kier alpha value is -2.19. The molecule has 0 aromatic rings.